The van der Waals surface area contributed by atoms with Gasteiger partial charge in [0.25, 0.3) is 0 Å². The summed E-state index contributed by atoms with van der Waals surface area (Å²) in [5.74, 6) is 2.21. The van der Waals surface area contributed by atoms with Crippen LogP contribution in [0.15, 0.2) is 0 Å². The molecule has 0 spiro atoms. The second-order valence-electron chi connectivity index (χ2n) is 9.93. The van der Waals surface area contributed by atoms with Crippen LogP contribution >= 0.6 is 0 Å². The molecule has 4 saturated carbocycles. The monoisotopic (exact) mass is 322 g/mol. The van der Waals surface area contributed by atoms with Crippen molar-refractivity contribution < 1.29 is 15.3 Å². The number of rotatable bonds is 0. The van der Waals surface area contributed by atoms with Gasteiger partial charge in [0, 0.05) is 0 Å². The number of fused-ring (bicyclic) bond motifs is 5. The molecule has 0 radical (unpaired) electrons. The minimum absolute atomic E-state index is 0.00105. The molecule has 0 bridgehead atoms. The van der Waals surface area contributed by atoms with E-state index in [0.717, 1.165) is 44.9 Å². The van der Waals surface area contributed by atoms with Gasteiger partial charge in [-0.2, -0.15) is 0 Å². The second kappa shape index (κ2) is 5.19. The average molecular weight is 322 g/mol. The van der Waals surface area contributed by atoms with E-state index in [0.29, 0.717) is 29.6 Å². The second-order valence-corrected chi connectivity index (χ2v) is 9.93. The number of hydrogen-bond donors (Lipinski definition) is 3. The van der Waals surface area contributed by atoms with Crippen LogP contribution in [0.25, 0.3) is 0 Å². The van der Waals surface area contributed by atoms with Crippen molar-refractivity contribution in [1.82, 2.24) is 0 Å². The Labute approximate surface area is 140 Å². The lowest BCUT2D eigenvalue weighted by Gasteiger charge is -2.61. The third-order valence-electron chi connectivity index (χ3n) is 8.93. The number of aliphatic hydroxyl groups is 3. The molecule has 3 nitrogen and oxygen atoms in total. The SMILES string of the molecule is C[C@@H]1CC2C3C(O)C[C@@H]4C[C@@H](O)CC[C@]4(C)C3CC[C@]2(C)[C@@H]1O. The summed E-state index contributed by atoms with van der Waals surface area (Å²) in [5, 5.41) is 31.9. The quantitative estimate of drug-likeness (QED) is 0.642. The van der Waals surface area contributed by atoms with Gasteiger partial charge in [-0.15, -0.1) is 0 Å². The fraction of sp³-hybridized carbons (Fsp3) is 1.00. The zero-order valence-electron chi connectivity index (χ0n) is 14.9. The Morgan fingerprint density at radius 2 is 1.52 bits per heavy atom. The molecular weight excluding hydrogens is 288 g/mol. The molecule has 0 aliphatic heterocycles. The van der Waals surface area contributed by atoms with Gasteiger partial charge in [0.2, 0.25) is 0 Å². The van der Waals surface area contributed by atoms with Crippen LogP contribution in [0, 0.1) is 40.4 Å². The molecule has 0 saturated heterocycles. The van der Waals surface area contributed by atoms with Crippen molar-refractivity contribution in [3.05, 3.63) is 0 Å². The molecule has 4 rings (SSSR count). The van der Waals surface area contributed by atoms with E-state index >= 15 is 0 Å². The molecule has 4 aliphatic rings. The summed E-state index contributed by atoms with van der Waals surface area (Å²) in [4.78, 5) is 0. The highest BCUT2D eigenvalue weighted by Crippen LogP contribution is 2.66. The Bertz CT molecular complexity index is 480. The van der Waals surface area contributed by atoms with Crippen LogP contribution in [0.3, 0.4) is 0 Å². The Kier molecular flexibility index (Phi) is 3.69. The van der Waals surface area contributed by atoms with Crippen LogP contribution < -0.4 is 0 Å². The average Bonchev–Trinajstić information content (AvgIpc) is 2.73. The zero-order valence-corrected chi connectivity index (χ0v) is 14.9. The normalized spacial score (nSPS) is 62.3. The maximum Gasteiger partial charge on any atom is 0.0622 e. The fourth-order valence-corrected chi connectivity index (χ4v) is 7.54. The highest BCUT2D eigenvalue weighted by atomic mass is 16.3. The molecule has 10 atom stereocenters. The molecule has 0 aromatic carbocycles. The molecule has 4 fully saturated rings. The van der Waals surface area contributed by atoms with E-state index in [1.807, 2.05) is 0 Å². The topological polar surface area (TPSA) is 60.7 Å². The molecular formula is C20H34O3. The molecule has 4 aliphatic carbocycles. The minimum atomic E-state index is -0.245. The van der Waals surface area contributed by atoms with E-state index in [1.165, 1.54) is 0 Å². The molecule has 3 heteroatoms. The molecule has 0 heterocycles. The van der Waals surface area contributed by atoms with Crippen LogP contribution in [0.1, 0.15) is 65.7 Å². The molecule has 132 valence electrons. The first-order chi connectivity index (χ1) is 10.8. The van der Waals surface area contributed by atoms with Crippen molar-refractivity contribution in [1.29, 1.82) is 0 Å². The van der Waals surface area contributed by atoms with E-state index in [4.69, 9.17) is 0 Å². The van der Waals surface area contributed by atoms with Gasteiger partial charge in [0.1, 0.15) is 0 Å². The summed E-state index contributed by atoms with van der Waals surface area (Å²) in [6.07, 6.45) is 6.44. The van der Waals surface area contributed by atoms with Gasteiger partial charge in [0.05, 0.1) is 18.3 Å². The van der Waals surface area contributed by atoms with Gasteiger partial charge in [-0.25, -0.2) is 0 Å². The van der Waals surface area contributed by atoms with Gasteiger partial charge in [-0.3, -0.25) is 0 Å². The highest BCUT2D eigenvalue weighted by Gasteiger charge is 2.63. The first kappa shape index (κ1) is 16.4. The van der Waals surface area contributed by atoms with Crippen LogP contribution in [0.4, 0.5) is 0 Å². The van der Waals surface area contributed by atoms with Crippen LogP contribution in [0.2, 0.25) is 0 Å². The largest absolute Gasteiger partial charge is 0.393 e. The van der Waals surface area contributed by atoms with Crippen molar-refractivity contribution in [2.24, 2.45) is 40.4 Å². The first-order valence-electron chi connectivity index (χ1n) is 9.81. The highest BCUT2D eigenvalue weighted by molar-refractivity contribution is 5.12. The molecule has 3 N–H and O–H groups in total. The lowest BCUT2D eigenvalue weighted by molar-refractivity contribution is -0.177. The first-order valence-corrected chi connectivity index (χ1v) is 9.81. The summed E-state index contributed by atoms with van der Waals surface area (Å²) >= 11 is 0. The van der Waals surface area contributed by atoms with Crippen LogP contribution in [-0.2, 0) is 0 Å². The third kappa shape index (κ3) is 2.12. The van der Waals surface area contributed by atoms with Gasteiger partial charge in [0.15, 0.2) is 0 Å². The summed E-state index contributed by atoms with van der Waals surface area (Å²) in [7, 11) is 0. The maximum atomic E-state index is 11.0. The minimum Gasteiger partial charge on any atom is -0.393 e. The third-order valence-corrected chi connectivity index (χ3v) is 8.93. The Balaban J connectivity index is 1.68. The van der Waals surface area contributed by atoms with Gasteiger partial charge >= 0.3 is 0 Å². The zero-order chi connectivity index (χ0) is 16.6. The lowest BCUT2D eigenvalue weighted by Crippen LogP contribution is -2.58. The van der Waals surface area contributed by atoms with Crippen LogP contribution in [0.5, 0.6) is 0 Å². The molecule has 23 heavy (non-hydrogen) atoms. The van der Waals surface area contributed by atoms with Crippen molar-refractivity contribution in [2.45, 2.75) is 84.0 Å². The van der Waals surface area contributed by atoms with E-state index in [1.54, 1.807) is 0 Å². The predicted octanol–water partition coefficient (Wildman–Crippen LogP) is 2.97. The molecule has 0 aromatic heterocycles. The van der Waals surface area contributed by atoms with E-state index in [2.05, 4.69) is 20.8 Å². The van der Waals surface area contributed by atoms with Crippen molar-refractivity contribution >= 4 is 0 Å². The van der Waals surface area contributed by atoms with E-state index in [9.17, 15) is 15.3 Å². The lowest BCUT2D eigenvalue weighted by atomic mass is 9.44. The Morgan fingerprint density at radius 3 is 2.26 bits per heavy atom. The number of aliphatic hydroxyl groups excluding tert-OH is 3. The van der Waals surface area contributed by atoms with Gasteiger partial charge in [-0.1, -0.05) is 20.8 Å². The Morgan fingerprint density at radius 1 is 0.826 bits per heavy atom. The standard InChI is InChI=1S/C20H34O3/c1-11-8-15-17-14(5-7-20(15,3)18(11)23)19(2)6-4-13(21)9-12(19)10-16(17)22/h11-18,21-23H,4-10H2,1-3H3/t11-,12+,13+,14?,15?,16?,17?,18-,19+,20+/m1/s1. The summed E-state index contributed by atoms with van der Waals surface area (Å²) < 4.78 is 0. The van der Waals surface area contributed by atoms with E-state index in [-0.39, 0.29) is 29.1 Å². The summed E-state index contributed by atoms with van der Waals surface area (Å²) in [6.45, 7) is 6.89. The molecule has 4 unspecified atom stereocenters. The van der Waals surface area contributed by atoms with Gasteiger partial charge in [-0.05, 0) is 85.4 Å². The Hall–Kier alpha value is -0.120. The van der Waals surface area contributed by atoms with E-state index < -0.39 is 0 Å². The summed E-state index contributed by atoms with van der Waals surface area (Å²) in [5.41, 5.74) is 0.278. The smallest absolute Gasteiger partial charge is 0.0622 e. The van der Waals surface area contributed by atoms with Crippen molar-refractivity contribution in [3.8, 4) is 0 Å². The maximum absolute atomic E-state index is 11.0. The summed E-state index contributed by atoms with van der Waals surface area (Å²) in [6, 6.07) is 0. The van der Waals surface area contributed by atoms with Gasteiger partial charge < -0.3 is 15.3 Å². The number of hydrogen-bond acceptors (Lipinski definition) is 3. The van der Waals surface area contributed by atoms with Crippen molar-refractivity contribution in [2.75, 3.05) is 0 Å². The molecule has 0 amide bonds. The van der Waals surface area contributed by atoms with Crippen molar-refractivity contribution in [3.63, 3.8) is 0 Å². The molecule has 0 aromatic rings. The fourth-order valence-electron chi connectivity index (χ4n) is 7.54. The predicted molar refractivity (Wildman–Crippen MR) is 89.7 cm³/mol. The van der Waals surface area contributed by atoms with Crippen LogP contribution in [-0.4, -0.2) is 33.6 Å².